The van der Waals surface area contributed by atoms with E-state index in [0.29, 0.717) is 12.8 Å². The fourth-order valence-electron chi connectivity index (χ4n) is 3.82. The number of anilines is 1. The first-order valence-electron chi connectivity index (χ1n) is 8.77. The van der Waals surface area contributed by atoms with E-state index in [-0.39, 0.29) is 17.9 Å². The standard InChI is InChI=1S/C19H26N2O2/c1-3-14-7-6-10-16(13-14)21-17(22)11-12-19(21,2)18(23)20-15-8-4-5-9-15/h6-7,10,13,15H,3-5,8-9,11-12H2,1-2H3,(H,20,23)/t19-/m1/s1. The van der Waals surface area contributed by atoms with Gasteiger partial charge < -0.3 is 5.32 Å². The molecule has 1 aliphatic carbocycles. The zero-order chi connectivity index (χ0) is 16.4. The maximum atomic E-state index is 12.9. The molecule has 4 nitrogen and oxygen atoms in total. The minimum Gasteiger partial charge on any atom is -0.351 e. The Kier molecular flexibility index (Phi) is 4.42. The summed E-state index contributed by atoms with van der Waals surface area (Å²) in [4.78, 5) is 27.1. The SMILES string of the molecule is CCc1cccc(N2C(=O)CC[C@]2(C)C(=O)NC2CCCC2)c1. The van der Waals surface area contributed by atoms with Gasteiger partial charge in [-0.05, 0) is 50.3 Å². The number of benzene rings is 1. The number of carbonyl (C=O) groups is 2. The molecule has 1 saturated carbocycles. The Morgan fingerprint density at radius 1 is 1.35 bits per heavy atom. The lowest BCUT2D eigenvalue weighted by molar-refractivity contribution is -0.127. The van der Waals surface area contributed by atoms with Crippen LogP contribution in [0.1, 0.15) is 57.9 Å². The number of nitrogens with one attached hydrogen (secondary N) is 1. The first-order valence-corrected chi connectivity index (χ1v) is 8.77. The third kappa shape index (κ3) is 2.99. The van der Waals surface area contributed by atoms with Gasteiger partial charge in [-0.1, -0.05) is 31.9 Å². The van der Waals surface area contributed by atoms with Crippen LogP contribution >= 0.6 is 0 Å². The summed E-state index contributed by atoms with van der Waals surface area (Å²) in [5.74, 6) is 0.0412. The van der Waals surface area contributed by atoms with Crippen LogP contribution in [0.4, 0.5) is 5.69 Å². The van der Waals surface area contributed by atoms with Crippen molar-refractivity contribution in [3.8, 4) is 0 Å². The van der Waals surface area contributed by atoms with Crippen LogP contribution in [0.25, 0.3) is 0 Å². The van der Waals surface area contributed by atoms with E-state index in [2.05, 4.69) is 18.3 Å². The molecular formula is C19H26N2O2. The van der Waals surface area contributed by atoms with Crippen LogP contribution < -0.4 is 10.2 Å². The molecule has 1 saturated heterocycles. The molecule has 0 aromatic heterocycles. The summed E-state index contributed by atoms with van der Waals surface area (Å²) in [6, 6.07) is 8.27. The average Bonchev–Trinajstić information content (AvgIpc) is 3.16. The number of carbonyl (C=O) groups excluding carboxylic acids is 2. The van der Waals surface area contributed by atoms with Gasteiger partial charge in [-0.25, -0.2) is 0 Å². The Morgan fingerprint density at radius 3 is 2.78 bits per heavy atom. The van der Waals surface area contributed by atoms with E-state index >= 15 is 0 Å². The maximum absolute atomic E-state index is 12.9. The molecular weight excluding hydrogens is 288 g/mol. The first-order chi connectivity index (χ1) is 11.0. The van der Waals surface area contributed by atoms with Crippen molar-refractivity contribution in [2.24, 2.45) is 0 Å². The van der Waals surface area contributed by atoms with Gasteiger partial charge in [0.25, 0.3) is 0 Å². The highest BCUT2D eigenvalue weighted by molar-refractivity contribution is 6.06. The minimum absolute atomic E-state index is 0.00264. The predicted molar refractivity (Wildman–Crippen MR) is 91.3 cm³/mol. The van der Waals surface area contributed by atoms with Gasteiger partial charge in [0.1, 0.15) is 5.54 Å². The molecule has 0 radical (unpaired) electrons. The molecule has 1 heterocycles. The minimum atomic E-state index is -0.772. The van der Waals surface area contributed by atoms with Crippen molar-refractivity contribution in [3.63, 3.8) is 0 Å². The first kappa shape index (κ1) is 16.0. The van der Waals surface area contributed by atoms with Crippen LogP contribution in [0, 0.1) is 0 Å². The van der Waals surface area contributed by atoms with Gasteiger partial charge >= 0.3 is 0 Å². The van der Waals surface area contributed by atoms with E-state index in [1.165, 1.54) is 18.4 Å². The Bertz CT molecular complexity index is 607. The molecule has 3 rings (SSSR count). The molecule has 1 aromatic carbocycles. The predicted octanol–water partition coefficient (Wildman–Crippen LogP) is 3.19. The zero-order valence-corrected chi connectivity index (χ0v) is 14.1. The van der Waals surface area contributed by atoms with Gasteiger partial charge in [-0.15, -0.1) is 0 Å². The molecule has 2 amide bonds. The second-order valence-electron chi connectivity index (χ2n) is 6.98. The number of rotatable bonds is 4. The van der Waals surface area contributed by atoms with Crippen molar-refractivity contribution in [1.29, 1.82) is 0 Å². The Hall–Kier alpha value is -1.84. The fourth-order valence-corrected chi connectivity index (χ4v) is 3.82. The molecule has 1 aromatic rings. The zero-order valence-electron chi connectivity index (χ0n) is 14.1. The van der Waals surface area contributed by atoms with Gasteiger partial charge in [-0.2, -0.15) is 0 Å². The second-order valence-corrected chi connectivity index (χ2v) is 6.98. The van der Waals surface area contributed by atoms with E-state index in [0.717, 1.165) is 24.9 Å². The summed E-state index contributed by atoms with van der Waals surface area (Å²) >= 11 is 0. The summed E-state index contributed by atoms with van der Waals surface area (Å²) in [7, 11) is 0. The highest BCUT2D eigenvalue weighted by Gasteiger charge is 2.48. The summed E-state index contributed by atoms with van der Waals surface area (Å²) in [6.45, 7) is 4.00. The topological polar surface area (TPSA) is 49.4 Å². The van der Waals surface area contributed by atoms with E-state index in [4.69, 9.17) is 0 Å². The third-order valence-corrected chi connectivity index (χ3v) is 5.33. The van der Waals surface area contributed by atoms with Crippen molar-refractivity contribution in [2.75, 3.05) is 4.90 Å². The highest BCUT2D eigenvalue weighted by Crippen LogP contribution is 2.36. The van der Waals surface area contributed by atoms with Gasteiger partial charge in [0, 0.05) is 18.2 Å². The Labute approximate surface area is 138 Å². The van der Waals surface area contributed by atoms with E-state index < -0.39 is 5.54 Å². The van der Waals surface area contributed by atoms with Crippen molar-refractivity contribution < 1.29 is 9.59 Å². The van der Waals surface area contributed by atoms with Gasteiger partial charge in [-0.3, -0.25) is 14.5 Å². The van der Waals surface area contributed by atoms with E-state index in [1.807, 2.05) is 25.1 Å². The lowest BCUT2D eigenvalue weighted by Crippen LogP contribution is -2.56. The molecule has 2 aliphatic rings. The smallest absolute Gasteiger partial charge is 0.246 e. The summed E-state index contributed by atoms with van der Waals surface area (Å²) in [5, 5.41) is 3.18. The van der Waals surface area contributed by atoms with Crippen LogP contribution in [0.5, 0.6) is 0 Å². The average molecular weight is 314 g/mol. The number of nitrogens with zero attached hydrogens (tertiary/aromatic N) is 1. The van der Waals surface area contributed by atoms with Gasteiger partial charge in [0.15, 0.2) is 0 Å². The van der Waals surface area contributed by atoms with Gasteiger partial charge in [0.2, 0.25) is 11.8 Å². The second kappa shape index (κ2) is 6.34. The molecule has 124 valence electrons. The number of hydrogen-bond acceptors (Lipinski definition) is 2. The van der Waals surface area contributed by atoms with Crippen LogP contribution in [0.15, 0.2) is 24.3 Å². The largest absolute Gasteiger partial charge is 0.351 e. The molecule has 0 unspecified atom stereocenters. The maximum Gasteiger partial charge on any atom is 0.246 e. The molecule has 2 fully saturated rings. The Morgan fingerprint density at radius 2 is 2.09 bits per heavy atom. The van der Waals surface area contributed by atoms with Gasteiger partial charge in [0.05, 0.1) is 0 Å². The fraction of sp³-hybridized carbons (Fsp3) is 0.579. The van der Waals surface area contributed by atoms with Crippen molar-refractivity contribution in [2.45, 2.75) is 70.4 Å². The van der Waals surface area contributed by atoms with E-state index in [1.54, 1.807) is 4.90 Å². The summed E-state index contributed by atoms with van der Waals surface area (Å²) < 4.78 is 0. The molecule has 4 heteroatoms. The lowest BCUT2D eigenvalue weighted by Gasteiger charge is -2.35. The normalized spacial score (nSPS) is 25.1. The lowest BCUT2D eigenvalue weighted by atomic mass is 9.96. The van der Waals surface area contributed by atoms with Crippen LogP contribution in [0.3, 0.4) is 0 Å². The third-order valence-electron chi connectivity index (χ3n) is 5.33. The molecule has 23 heavy (non-hydrogen) atoms. The monoisotopic (exact) mass is 314 g/mol. The van der Waals surface area contributed by atoms with Crippen LogP contribution in [0.2, 0.25) is 0 Å². The van der Waals surface area contributed by atoms with Crippen molar-refractivity contribution in [3.05, 3.63) is 29.8 Å². The van der Waals surface area contributed by atoms with E-state index in [9.17, 15) is 9.59 Å². The van der Waals surface area contributed by atoms with Crippen molar-refractivity contribution >= 4 is 17.5 Å². The quantitative estimate of drug-likeness (QED) is 0.928. The summed E-state index contributed by atoms with van der Waals surface area (Å²) in [5.41, 5.74) is 1.25. The molecule has 1 N–H and O–H groups in total. The number of aryl methyl sites for hydroxylation is 1. The van der Waals surface area contributed by atoms with Crippen molar-refractivity contribution in [1.82, 2.24) is 5.32 Å². The molecule has 0 bridgehead atoms. The molecule has 0 spiro atoms. The number of hydrogen-bond donors (Lipinski definition) is 1. The molecule has 1 aliphatic heterocycles. The Balaban J connectivity index is 1.86. The van der Waals surface area contributed by atoms with Crippen LogP contribution in [-0.4, -0.2) is 23.4 Å². The summed E-state index contributed by atoms with van der Waals surface area (Å²) in [6.07, 6.45) is 6.42. The highest BCUT2D eigenvalue weighted by atomic mass is 16.2. The molecule has 1 atom stereocenters. The number of amides is 2. The van der Waals surface area contributed by atoms with Crippen LogP contribution in [-0.2, 0) is 16.0 Å².